The predicted molar refractivity (Wildman–Crippen MR) is 139 cm³/mol. The summed E-state index contributed by atoms with van der Waals surface area (Å²) in [6, 6.07) is 9.52. The van der Waals surface area contributed by atoms with E-state index in [1.807, 2.05) is 19.9 Å². The Labute approximate surface area is 220 Å². The molecule has 0 unspecified atom stereocenters. The Morgan fingerprint density at radius 2 is 1.79 bits per heavy atom. The topological polar surface area (TPSA) is 126 Å². The number of anilines is 1. The van der Waals surface area contributed by atoms with Gasteiger partial charge in [-0.2, -0.15) is 9.37 Å². The van der Waals surface area contributed by atoms with Crippen LogP contribution in [0.2, 0.25) is 0 Å². The first-order chi connectivity index (χ1) is 18.3. The van der Waals surface area contributed by atoms with Gasteiger partial charge in [0.05, 0.1) is 13.2 Å². The van der Waals surface area contributed by atoms with E-state index < -0.39 is 24.1 Å². The van der Waals surface area contributed by atoms with Gasteiger partial charge < -0.3 is 29.6 Å². The minimum absolute atomic E-state index is 0.195. The zero-order chi connectivity index (χ0) is 27.1. The number of aromatic nitrogens is 1. The second-order valence-corrected chi connectivity index (χ2v) is 9.14. The van der Waals surface area contributed by atoms with Crippen molar-refractivity contribution in [1.29, 1.82) is 0 Å². The number of fused-ring (bicyclic) bond motifs is 1. The first kappa shape index (κ1) is 27.2. The standard InChI is InChI=1S/C27H33FN4O6/c1-3-36-22-12-18(13-23(26(22)28)37-4-2)16-32-9-7-19(8-10-32)30-27-31-20-11-17(5-6-21(20)38-27)15-29-24(33)14-25(34)35/h5-6,11-13,19H,3-4,7-10,14-16H2,1-2H3,(H,29,33)(H,30,31)(H,34,35). The molecule has 0 bridgehead atoms. The molecule has 2 aromatic carbocycles. The molecule has 1 aromatic heterocycles. The van der Waals surface area contributed by atoms with Gasteiger partial charge in [0.25, 0.3) is 6.01 Å². The van der Waals surface area contributed by atoms with Crippen LogP contribution in [-0.2, 0) is 22.7 Å². The van der Waals surface area contributed by atoms with Crippen molar-refractivity contribution in [3.05, 3.63) is 47.3 Å². The maximum Gasteiger partial charge on any atom is 0.312 e. The van der Waals surface area contributed by atoms with Crippen molar-refractivity contribution in [2.24, 2.45) is 0 Å². The van der Waals surface area contributed by atoms with Crippen LogP contribution in [-0.4, -0.2) is 59.2 Å². The quantitative estimate of drug-likeness (QED) is 0.300. The number of benzene rings is 2. The lowest BCUT2D eigenvalue weighted by Gasteiger charge is -2.32. The number of rotatable bonds is 12. The maximum absolute atomic E-state index is 14.6. The molecule has 1 amide bonds. The lowest BCUT2D eigenvalue weighted by Crippen LogP contribution is -2.38. The lowest BCUT2D eigenvalue weighted by atomic mass is 10.0. The zero-order valence-corrected chi connectivity index (χ0v) is 21.6. The van der Waals surface area contributed by atoms with E-state index in [4.69, 9.17) is 19.0 Å². The smallest absolute Gasteiger partial charge is 0.312 e. The van der Waals surface area contributed by atoms with E-state index >= 15 is 0 Å². The number of carboxylic acids is 1. The molecule has 0 spiro atoms. The van der Waals surface area contributed by atoms with Crippen LogP contribution in [0, 0.1) is 5.82 Å². The molecule has 2 heterocycles. The Morgan fingerprint density at radius 3 is 2.42 bits per heavy atom. The molecule has 0 radical (unpaired) electrons. The zero-order valence-electron chi connectivity index (χ0n) is 21.6. The normalized spacial score (nSPS) is 14.4. The Bertz CT molecular complexity index is 1240. The van der Waals surface area contributed by atoms with Crippen LogP contribution < -0.4 is 20.1 Å². The number of nitrogens with one attached hydrogen (secondary N) is 2. The van der Waals surface area contributed by atoms with E-state index in [0.29, 0.717) is 36.9 Å². The number of ether oxygens (including phenoxy) is 2. The summed E-state index contributed by atoms with van der Waals surface area (Å²) in [5.74, 6) is -1.75. The number of aliphatic carboxylic acids is 1. The molecule has 1 aliphatic heterocycles. The second-order valence-electron chi connectivity index (χ2n) is 9.14. The molecular formula is C27H33FN4O6. The first-order valence-electron chi connectivity index (χ1n) is 12.8. The van der Waals surface area contributed by atoms with Crippen LogP contribution in [0.25, 0.3) is 11.1 Å². The van der Waals surface area contributed by atoms with Gasteiger partial charge in [-0.1, -0.05) is 6.07 Å². The lowest BCUT2D eigenvalue weighted by molar-refractivity contribution is -0.140. The van der Waals surface area contributed by atoms with Gasteiger partial charge in [-0.15, -0.1) is 0 Å². The average molecular weight is 529 g/mol. The highest BCUT2D eigenvalue weighted by molar-refractivity contribution is 5.93. The van der Waals surface area contributed by atoms with E-state index in [0.717, 1.165) is 37.1 Å². The van der Waals surface area contributed by atoms with Crippen LogP contribution in [0.5, 0.6) is 11.5 Å². The number of nitrogens with zero attached hydrogens (tertiary/aromatic N) is 2. The van der Waals surface area contributed by atoms with E-state index in [-0.39, 0.29) is 24.1 Å². The molecule has 11 heteroatoms. The number of likely N-dealkylation sites (tertiary alicyclic amines) is 1. The number of piperidine rings is 1. The number of carboxylic acid groups (broad SMARTS) is 1. The third kappa shape index (κ3) is 7.12. The van der Waals surface area contributed by atoms with E-state index in [1.54, 1.807) is 24.3 Å². The number of oxazole rings is 1. The molecule has 0 atom stereocenters. The molecule has 204 valence electrons. The molecule has 1 saturated heterocycles. The summed E-state index contributed by atoms with van der Waals surface area (Å²) in [7, 11) is 0. The van der Waals surface area contributed by atoms with Gasteiger partial charge in [-0.3, -0.25) is 14.5 Å². The molecular weight excluding hydrogens is 495 g/mol. The van der Waals surface area contributed by atoms with Crippen molar-refractivity contribution in [2.45, 2.75) is 52.2 Å². The van der Waals surface area contributed by atoms with Crippen LogP contribution in [0.3, 0.4) is 0 Å². The molecule has 0 saturated carbocycles. The molecule has 0 aliphatic carbocycles. The number of carbonyl (C=O) groups excluding carboxylic acids is 1. The number of hydrogen-bond acceptors (Lipinski definition) is 8. The monoisotopic (exact) mass is 528 g/mol. The molecule has 4 rings (SSSR count). The largest absolute Gasteiger partial charge is 0.491 e. The van der Waals surface area contributed by atoms with E-state index in [2.05, 4.69) is 20.5 Å². The minimum Gasteiger partial charge on any atom is -0.491 e. The summed E-state index contributed by atoms with van der Waals surface area (Å²) in [5, 5.41) is 14.6. The molecule has 38 heavy (non-hydrogen) atoms. The van der Waals surface area contributed by atoms with Crippen LogP contribution in [0.4, 0.5) is 10.4 Å². The van der Waals surface area contributed by atoms with Crippen molar-refractivity contribution in [3.8, 4) is 11.5 Å². The van der Waals surface area contributed by atoms with E-state index in [9.17, 15) is 14.0 Å². The van der Waals surface area contributed by atoms with Crippen LogP contribution >= 0.6 is 0 Å². The Hall–Kier alpha value is -3.86. The summed E-state index contributed by atoms with van der Waals surface area (Å²) in [6.07, 6.45) is 1.21. The van der Waals surface area contributed by atoms with Crippen molar-refractivity contribution in [3.63, 3.8) is 0 Å². The molecule has 3 aromatic rings. The third-order valence-electron chi connectivity index (χ3n) is 6.24. The number of amides is 1. The Kier molecular flexibility index (Phi) is 9.01. The summed E-state index contributed by atoms with van der Waals surface area (Å²) in [5.41, 5.74) is 3.02. The van der Waals surface area contributed by atoms with Crippen LogP contribution in [0.15, 0.2) is 34.7 Å². The van der Waals surface area contributed by atoms with Gasteiger partial charge in [0, 0.05) is 32.2 Å². The average Bonchev–Trinajstić information content (AvgIpc) is 3.28. The predicted octanol–water partition coefficient (Wildman–Crippen LogP) is 3.93. The summed E-state index contributed by atoms with van der Waals surface area (Å²) in [6.45, 7) is 6.99. The van der Waals surface area contributed by atoms with Gasteiger partial charge in [0.2, 0.25) is 11.7 Å². The first-order valence-corrected chi connectivity index (χ1v) is 12.8. The van der Waals surface area contributed by atoms with Gasteiger partial charge in [0.15, 0.2) is 17.1 Å². The highest BCUT2D eigenvalue weighted by Crippen LogP contribution is 2.30. The molecule has 10 nitrogen and oxygen atoms in total. The summed E-state index contributed by atoms with van der Waals surface area (Å²) >= 11 is 0. The highest BCUT2D eigenvalue weighted by Gasteiger charge is 2.22. The number of hydrogen-bond donors (Lipinski definition) is 3. The fourth-order valence-electron chi connectivity index (χ4n) is 4.45. The van der Waals surface area contributed by atoms with Crippen molar-refractivity contribution in [1.82, 2.24) is 15.2 Å². The van der Waals surface area contributed by atoms with Crippen molar-refractivity contribution in [2.75, 3.05) is 31.6 Å². The molecule has 1 fully saturated rings. The fraction of sp³-hybridized carbons (Fsp3) is 0.444. The minimum atomic E-state index is -1.17. The number of carbonyl (C=O) groups is 2. The summed E-state index contributed by atoms with van der Waals surface area (Å²) in [4.78, 5) is 29.0. The number of halogens is 1. The van der Waals surface area contributed by atoms with Gasteiger partial charge in [-0.25, -0.2) is 0 Å². The second kappa shape index (κ2) is 12.6. The van der Waals surface area contributed by atoms with Crippen molar-refractivity contribution >= 4 is 29.0 Å². The van der Waals surface area contributed by atoms with Gasteiger partial charge in [0.1, 0.15) is 11.9 Å². The highest BCUT2D eigenvalue weighted by atomic mass is 19.1. The SMILES string of the molecule is CCOc1cc(CN2CCC(Nc3nc4cc(CNC(=O)CC(=O)O)ccc4o3)CC2)cc(OCC)c1F. The fourth-order valence-corrected chi connectivity index (χ4v) is 4.45. The Balaban J connectivity index is 1.31. The third-order valence-corrected chi connectivity index (χ3v) is 6.24. The van der Waals surface area contributed by atoms with Gasteiger partial charge >= 0.3 is 5.97 Å². The molecule has 3 N–H and O–H groups in total. The summed E-state index contributed by atoms with van der Waals surface area (Å²) < 4.78 is 31.3. The van der Waals surface area contributed by atoms with Crippen molar-refractivity contribution < 1.29 is 33.0 Å². The van der Waals surface area contributed by atoms with Gasteiger partial charge in [-0.05, 0) is 62.1 Å². The van der Waals surface area contributed by atoms with Crippen LogP contribution in [0.1, 0.15) is 44.2 Å². The maximum atomic E-state index is 14.6. The van der Waals surface area contributed by atoms with E-state index in [1.165, 1.54) is 0 Å². The molecule has 1 aliphatic rings. The Morgan fingerprint density at radius 1 is 1.11 bits per heavy atom.